The number of rotatable bonds is 7. The number of fused-ring (bicyclic) bond motifs is 3. The number of aromatic nitrogens is 2. The molecule has 0 bridgehead atoms. The number of carbonyl (C=O) groups excluding carboxylic acids is 3. The zero-order chi connectivity index (χ0) is 36.0. The van der Waals surface area contributed by atoms with Gasteiger partial charge in [-0.05, 0) is 59.7 Å². The van der Waals surface area contributed by atoms with Gasteiger partial charge in [0, 0.05) is 42.8 Å². The van der Waals surface area contributed by atoms with E-state index in [1.54, 1.807) is 19.1 Å². The van der Waals surface area contributed by atoms with Crippen molar-refractivity contribution in [3.8, 4) is 22.2 Å². The second kappa shape index (κ2) is 14.1. The molecule has 2 aromatic heterocycles. The minimum Gasteiger partial charge on any atom is -0.495 e. The Balaban J connectivity index is 1.35. The van der Waals surface area contributed by atoms with Gasteiger partial charge in [0.2, 0.25) is 15.9 Å². The number of hydrogen-bond acceptors (Lipinski definition) is 10. The summed E-state index contributed by atoms with van der Waals surface area (Å²) in [5, 5.41) is 6.26. The van der Waals surface area contributed by atoms with E-state index in [1.165, 1.54) is 16.2 Å². The van der Waals surface area contributed by atoms with Crippen molar-refractivity contribution in [2.45, 2.75) is 69.6 Å². The standard InChI is InChI=1S/C34H41BrN6O7S2/c1-19(2)24-18-49-30(37-24)23-15-27(22-11-12-26(47-4)28(35)29(22)36-23)48-21-14-25-31(42)40(3)13-9-7-6-8-10-20-16-34(20,32(43)39-50(5,45)46)38-33(44)41(25)17-21/h8,10-12,15,18-21,25H,6-7,9,13-14,16-17H2,1-5H3,(H,38,44)(H,39,43)/b10-8-/t20-,21+,25+,34-/m1/s1. The number of amides is 4. The number of benzene rings is 1. The van der Waals surface area contributed by atoms with Crippen LogP contribution in [0.25, 0.3) is 21.6 Å². The summed E-state index contributed by atoms with van der Waals surface area (Å²) in [5.74, 6) is -0.0913. The summed E-state index contributed by atoms with van der Waals surface area (Å²) >= 11 is 5.14. The van der Waals surface area contributed by atoms with Crippen LogP contribution >= 0.6 is 27.3 Å². The highest BCUT2D eigenvalue weighted by Gasteiger charge is 2.61. The first-order valence-electron chi connectivity index (χ1n) is 16.5. The third-order valence-corrected chi connectivity index (χ3v) is 11.6. The molecule has 1 aliphatic carbocycles. The molecule has 0 spiro atoms. The average Bonchev–Trinajstić information content (AvgIpc) is 3.36. The van der Waals surface area contributed by atoms with E-state index >= 15 is 0 Å². The summed E-state index contributed by atoms with van der Waals surface area (Å²) in [4.78, 5) is 54.0. The Kier molecular flexibility index (Phi) is 10.2. The van der Waals surface area contributed by atoms with Crippen LogP contribution in [-0.2, 0) is 19.6 Å². The van der Waals surface area contributed by atoms with E-state index < -0.39 is 39.6 Å². The zero-order valence-corrected chi connectivity index (χ0v) is 31.8. The van der Waals surface area contributed by atoms with Gasteiger partial charge < -0.3 is 24.6 Å². The van der Waals surface area contributed by atoms with Gasteiger partial charge in [0.15, 0.2) is 0 Å². The molecule has 16 heteroatoms. The quantitative estimate of drug-likeness (QED) is 0.320. The molecule has 50 heavy (non-hydrogen) atoms. The molecule has 13 nitrogen and oxygen atoms in total. The lowest BCUT2D eigenvalue weighted by molar-refractivity contribution is -0.134. The van der Waals surface area contributed by atoms with E-state index in [0.717, 1.165) is 36.2 Å². The molecule has 2 aliphatic heterocycles. The molecule has 3 aromatic rings. The van der Waals surface area contributed by atoms with Crippen molar-refractivity contribution < 1.29 is 32.3 Å². The Bertz CT molecular complexity index is 1970. The van der Waals surface area contributed by atoms with Crippen LogP contribution in [0.15, 0.2) is 40.2 Å². The van der Waals surface area contributed by atoms with E-state index in [-0.39, 0.29) is 37.1 Å². The van der Waals surface area contributed by atoms with E-state index in [9.17, 15) is 22.8 Å². The summed E-state index contributed by atoms with van der Waals surface area (Å²) in [6.45, 7) is 4.72. The Morgan fingerprint density at radius 1 is 1.20 bits per heavy atom. The predicted octanol–water partition coefficient (Wildman–Crippen LogP) is 4.82. The molecule has 1 saturated carbocycles. The van der Waals surface area contributed by atoms with Crippen LogP contribution in [0.5, 0.6) is 11.5 Å². The Morgan fingerprint density at radius 3 is 2.68 bits per heavy atom. The number of urea groups is 1. The van der Waals surface area contributed by atoms with E-state index in [1.807, 2.05) is 40.5 Å². The summed E-state index contributed by atoms with van der Waals surface area (Å²) < 4.78 is 38.9. The number of ether oxygens (including phenoxy) is 2. The monoisotopic (exact) mass is 788 g/mol. The molecular formula is C34H41BrN6O7S2. The molecule has 2 N–H and O–H groups in total. The molecule has 2 fully saturated rings. The molecule has 4 atom stereocenters. The number of nitrogens with one attached hydrogen (secondary N) is 2. The minimum absolute atomic E-state index is 0.0472. The van der Waals surface area contributed by atoms with Gasteiger partial charge in [-0.1, -0.05) is 26.0 Å². The van der Waals surface area contributed by atoms with Crippen LogP contribution in [0.3, 0.4) is 0 Å². The molecule has 0 unspecified atom stereocenters. The number of carbonyl (C=O) groups is 3. The van der Waals surface area contributed by atoms with E-state index in [0.29, 0.717) is 39.1 Å². The summed E-state index contributed by atoms with van der Waals surface area (Å²) in [6, 6.07) is 3.98. The summed E-state index contributed by atoms with van der Waals surface area (Å²) in [7, 11) is -0.582. The molecule has 4 heterocycles. The third-order valence-electron chi connectivity index (χ3n) is 9.39. The van der Waals surface area contributed by atoms with Gasteiger partial charge in [-0.15, -0.1) is 11.3 Å². The molecule has 4 amide bonds. The highest BCUT2D eigenvalue weighted by Crippen LogP contribution is 2.46. The van der Waals surface area contributed by atoms with Crippen LogP contribution in [0.1, 0.15) is 57.6 Å². The molecule has 1 aromatic carbocycles. The van der Waals surface area contributed by atoms with Crippen molar-refractivity contribution in [2.75, 3.05) is 33.5 Å². The van der Waals surface area contributed by atoms with Crippen LogP contribution in [-0.4, -0.2) is 97.2 Å². The van der Waals surface area contributed by atoms with Gasteiger partial charge in [-0.25, -0.2) is 23.2 Å². The Morgan fingerprint density at radius 2 is 1.98 bits per heavy atom. The van der Waals surface area contributed by atoms with Crippen molar-refractivity contribution in [3.63, 3.8) is 0 Å². The molecule has 1 saturated heterocycles. The number of methoxy groups -OCH3 is 1. The number of thiazole rings is 1. The smallest absolute Gasteiger partial charge is 0.319 e. The Hall–Kier alpha value is -3.76. The fourth-order valence-electron chi connectivity index (χ4n) is 6.50. The van der Waals surface area contributed by atoms with Crippen LogP contribution < -0.4 is 19.5 Å². The van der Waals surface area contributed by atoms with E-state index in [2.05, 4.69) is 35.1 Å². The highest BCUT2D eigenvalue weighted by molar-refractivity contribution is 9.10. The van der Waals surface area contributed by atoms with Gasteiger partial charge in [0.1, 0.15) is 39.9 Å². The maximum atomic E-state index is 14.1. The maximum Gasteiger partial charge on any atom is 0.319 e. The molecular weight excluding hydrogens is 748 g/mol. The lowest BCUT2D eigenvalue weighted by Gasteiger charge is -2.29. The number of nitrogens with zero attached hydrogens (tertiary/aromatic N) is 4. The first kappa shape index (κ1) is 36.0. The first-order valence-corrected chi connectivity index (χ1v) is 20.1. The van der Waals surface area contributed by atoms with Crippen molar-refractivity contribution in [2.24, 2.45) is 5.92 Å². The van der Waals surface area contributed by atoms with Crippen molar-refractivity contribution in [1.29, 1.82) is 0 Å². The maximum absolute atomic E-state index is 14.1. The summed E-state index contributed by atoms with van der Waals surface area (Å²) in [5.41, 5.74) is 0.711. The van der Waals surface area contributed by atoms with Gasteiger partial charge in [0.25, 0.3) is 5.91 Å². The summed E-state index contributed by atoms with van der Waals surface area (Å²) in [6.07, 6.45) is 6.85. The van der Waals surface area contributed by atoms with Gasteiger partial charge in [0.05, 0.1) is 35.6 Å². The number of halogens is 1. The van der Waals surface area contributed by atoms with Crippen molar-refractivity contribution >= 4 is 66.0 Å². The zero-order valence-electron chi connectivity index (χ0n) is 28.6. The Labute approximate surface area is 304 Å². The number of pyridine rings is 1. The molecule has 268 valence electrons. The lowest BCUT2D eigenvalue weighted by Crippen LogP contribution is -2.57. The number of allylic oxidation sites excluding steroid dienone is 1. The first-order chi connectivity index (χ1) is 23.7. The molecule has 0 radical (unpaired) electrons. The third kappa shape index (κ3) is 7.33. The number of hydrogen-bond donors (Lipinski definition) is 2. The highest BCUT2D eigenvalue weighted by atomic mass is 79.9. The van der Waals surface area contributed by atoms with Gasteiger partial charge in [-0.2, -0.15) is 0 Å². The molecule has 6 rings (SSSR count). The average molecular weight is 790 g/mol. The second-order valence-electron chi connectivity index (χ2n) is 13.5. The van der Waals surface area contributed by atoms with Gasteiger partial charge >= 0.3 is 6.03 Å². The lowest BCUT2D eigenvalue weighted by atomic mass is 10.1. The van der Waals surface area contributed by atoms with Gasteiger partial charge in [-0.3, -0.25) is 14.3 Å². The van der Waals surface area contributed by atoms with E-state index in [4.69, 9.17) is 19.4 Å². The minimum atomic E-state index is -3.88. The van der Waals surface area contributed by atoms with Crippen LogP contribution in [0.4, 0.5) is 4.79 Å². The SMILES string of the molecule is COc1ccc2c(O[C@H]3C[C@H]4C(=O)N(C)CCCC/C=C\[C@@H]5C[C@@]5(C(=O)NS(C)(=O)=O)NC(=O)N4C3)cc(-c3nc(C(C)C)cs3)nc2c1Br. The number of likely N-dealkylation sites (N-methyl/N-ethyl adjacent to an activating group) is 1. The number of sulfonamides is 1. The fraction of sp³-hybridized carbons (Fsp3) is 0.500. The predicted molar refractivity (Wildman–Crippen MR) is 194 cm³/mol. The second-order valence-corrected chi connectivity index (χ2v) is 16.9. The molecule has 3 aliphatic rings. The fourth-order valence-corrected chi connectivity index (χ4v) is 8.56. The van der Waals surface area contributed by atoms with Crippen LogP contribution in [0.2, 0.25) is 0 Å². The van der Waals surface area contributed by atoms with Crippen LogP contribution in [0, 0.1) is 5.92 Å². The normalized spacial score (nSPS) is 25.1. The topological polar surface area (TPSA) is 160 Å². The largest absolute Gasteiger partial charge is 0.495 e. The van der Waals surface area contributed by atoms with Crippen molar-refractivity contribution in [3.05, 3.63) is 45.9 Å². The van der Waals surface area contributed by atoms with Crippen molar-refractivity contribution in [1.82, 2.24) is 29.8 Å².